The molecule has 0 aliphatic rings. The summed E-state index contributed by atoms with van der Waals surface area (Å²) in [5.41, 5.74) is 8.93. The highest BCUT2D eigenvalue weighted by Crippen LogP contribution is 2.33. The Hall–Kier alpha value is -0.350. The van der Waals surface area contributed by atoms with Gasteiger partial charge in [-0.15, -0.1) is 0 Å². The number of rotatable bonds is 2. The number of halogens is 2. The fourth-order valence-corrected chi connectivity index (χ4v) is 3.11. The average molecular weight is 303 g/mol. The minimum absolute atomic E-state index is 0.467. The van der Waals surface area contributed by atoms with Crippen LogP contribution in [0.15, 0.2) is 33.4 Å². The molecular weight excluding hydrogens is 294 g/mol. The van der Waals surface area contributed by atoms with Crippen LogP contribution in [0.25, 0.3) is 11.1 Å². The van der Waals surface area contributed by atoms with Crippen LogP contribution in [0.1, 0.15) is 5.56 Å². The van der Waals surface area contributed by atoms with E-state index >= 15 is 0 Å². The SMILES string of the molecule is NCc1cc(-c2cscc2Br)ccc1Cl. The minimum Gasteiger partial charge on any atom is -0.326 e. The Morgan fingerprint density at radius 1 is 1.33 bits per heavy atom. The lowest BCUT2D eigenvalue weighted by atomic mass is 10.1. The summed E-state index contributed by atoms with van der Waals surface area (Å²) in [6, 6.07) is 5.94. The predicted octanol–water partition coefficient (Wildman–Crippen LogP) is 4.29. The second kappa shape index (κ2) is 4.66. The van der Waals surface area contributed by atoms with Crippen molar-refractivity contribution in [2.24, 2.45) is 5.73 Å². The first-order valence-electron chi connectivity index (χ1n) is 4.43. The first kappa shape index (κ1) is 11.1. The van der Waals surface area contributed by atoms with Gasteiger partial charge in [0, 0.05) is 27.0 Å². The summed E-state index contributed by atoms with van der Waals surface area (Å²) >= 11 is 11.2. The summed E-state index contributed by atoms with van der Waals surface area (Å²) in [6.45, 7) is 0.467. The van der Waals surface area contributed by atoms with E-state index in [-0.39, 0.29) is 0 Å². The number of nitrogens with two attached hydrogens (primary N) is 1. The Morgan fingerprint density at radius 3 is 2.73 bits per heavy atom. The molecule has 0 amide bonds. The van der Waals surface area contributed by atoms with Gasteiger partial charge in [-0.3, -0.25) is 0 Å². The van der Waals surface area contributed by atoms with E-state index in [9.17, 15) is 0 Å². The molecule has 0 spiro atoms. The smallest absolute Gasteiger partial charge is 0.0451 e. The molecule has 78 valence electrons. The molecule has 1 heterocycles. The van der Waals surface area contributed by atoms with Crippen molar-refractivity contribution in [1.29, 1.82) is 0 Å². The third-order valence-corrected chi connectivity index (χ3v) is 4.26. The molecule has 1 aromatic carbocycles. The van der Waals surface area contributed by atoms with Gasteiger partial charge in [0.2, 0.25) is 0 Å². The summed E-state index contributed by atoms with van der Waals surface area (Å²) in [4.78, 5) is 0. The van der Waals surface area contributed by atoms with Gasteiger partial charge in [-0.25, -0.2) is 0 Å². The van der Waals surface area contributed by atoms with Crippen molar-refractivity contribution in [2.75, 3.05) is 0 Å². The lowest BCUT2D eigenvalue weighted by Crippen LogP contribution is -1.97. The highest BCUT2D eigenvalue weighted by Gasteiger charge is 2.06. The Kier molecular flexibility index (Phi) is 3.46. The summed E-state index contributed by atoms with van der Waals surface area (Å²) in [5.74, 6) is 0. The van der Waals surface area contributed by atoms with E-state index in [0.717, 1.165) is 20.6 Å². The molecule has 2 N–H and O–H groups in total. The maximum atomic E-state index is 6.01. The lowest BCUT2D eigenvalue weighted by Gasteiger charge is -2.05. The first-order valence-corrected chi connectivity index (χ1v) is 6.54. The van der Waals surface area contributed by atoms with Crippen molar-refractivity contribution in [3.63, 3.8) is 0 Å². The third kappa shape index (κ3) is 2.26. The monoisotopic (exact) mass is 301 g/mol. The molecule has 1 nitrogen and oxygen atoms in total. The number of hydrogen-bond donors (Lipinski definition) is 1. The maximum Gasteiger partial charge on any atom is 0.0451 e. The van der Waals surface area contributed by atoms with E-state index in [0.29, 0.717) is 6.54 Å². The normalized spacial score (nSPS) is 10.6. The molecule has 0 radical (unpaired) electrons. The van der Waals surface area contributed by atoms with Crippen LogP contribution in [0.4, 0.5) is 0 Å². The molecule has 0 fully saturated rings. The van der Waals surface area contributed by atoms with Gasteiger partial charge in [0.15, 0.2) is 0 Å². The van der Waals surface area contributed by atoms with Crippen molar-refractivity contribution < 1.29 is 0 Å². The molecule has 4 heteroatoms. The van der Waals surface area contributed by atoms with Gasteiger partial charge in [-0.2, -0.15) is 11.3 Å². The first-order chi connectivity index (χ1) is 7.22. The second-order valence-electron chi connectivity index (χ2n) is 3.14. The summed E-state index contributed by atoms with van der Waals surface area (Å²) < 4.78 is 1.11. The van der Waals surface area contributed by atoms with Crippen LogP contribution >= 0.6 is 38.9 Å². The molecule has 2 rings (SSSR count). The van der Waals surface area contributed by atoms with Gasteiger partial charge in [-0.05, 0) is 44.6 Å². The van der Waals surface area contributed by atoms with E-state index < -0.39 is 0 Å². The molecule has 0 unspecified atom stereocenters. The van der Waals surface area contributed by atoms with Crippen LogP contribution in [-0.4, -0.2) is 0 Å². The van der Waals surface area contributed by atoms with E-state index in [1.807, 2.05) is 18.2 Å². The van der Waals surface area contributed by atoms with E-state index in [1.54, 1.807) is 11.3 Å². The highest BCUT2D eigenvalue weighted by molar-refractivity contribution is 9.10. The number of thiophene rings is 1. The molecule has 0 aliphatic heterocycles. The van der Waals surface area contributed by atoms with Crippen molar-refractivity contribution in [3.8, 4) is 11.1 Å². The van der Waals surface area contributed by atoms with Crippen molar-refractivity contribution in [2.45, 2.75) is 6.54 Å². The van der Waals surface area contributed by atoms with Crippen LogP contribution in [0, 0.1) is 0 Å². The Morgan fingerprint density at radius 2 is 2.13 bits per heavy atom. The minimum atomic E-state index is 0.467. The highest BCUT2D eigenvalue weighted by atomic mass is 79.9. The van der Waals surface area contributed by atoms with Crippen LogP contribution in [0.3, 0.4) is 0 Å². The molecule has 0 bridgehead atoms. The Labute approximate surface area is 106 Å². The summed E-state index contributed by atoms with van der Waals surface area (Å²) in [5, 5.41) is 4.90. The fraction of sp³-hybridized carbons (Fsp3) is 0.0909. The van der Waals surface area contributed by atoms with Gasteiger partial charge < -0.3 is 5.73 Å². The van der Waals surface area contributed by atoms with Crippen LogP contribution < -0.4 is 5.73 Å². The zero-order valence-corrected chi connectivity index (χ0v) is 11.0. The molecule has 1 aromatic heterocycles. The Balaban J connectivity index is 2.51. The second-order valence-corrected chi connectivity index (χ2v) is 5.15. The molecule has 0 saturated carbocycles. The van der Waals surface area contributed by atoms with E-state index in [4.69, 9.17) is 17.3 Å². The van der Waals surface area contributed by atoms with Crippen LogP contribution in [0.2, 0.25) is 5.02 Å². The molecule has 15 heavy (non-hydrogen) atoms. The number of benzene rings is 1. The van der Waals surface area contributed by atoms with E-state index in [2.05, 4.69) is 26.7 Å². The van der Waals surface area contributed by atoms with Gasteiger partial charge in [0.05, 0.1) is 0 Å². The number of hydrogen-bond acceptors (Lipinski definition) is 2. The molecular formula is C11H9BrClNS. The van der Waals surface area contributed by atoms with E-state index in [1.165, 1.54) is 5.56 Å². The molecule has 0 atom stereocenters. The van der Waals surface area contributed by atoms with Crippen LogP contribution in [-0.2, 0) is 6.54 Å². The van der Waals surface area contributed by atoms with Gasteiger partial charge >= 0.3 is 0 Å². The van der Waals surface area contributed by atoms with Crippen molar-refractivity contribution in [1.82, 2.24) is 0 Å². The van der Waals surface area contributed by atoms with Crippen molar-refractivity contribution in [3.05, 3.63) is 44.0 Å². The van der Waals surface area contributed by atoms with Gasteiger partial charge in [0.1, 0.15) is 0 Å². The molecule has 0 saturated heterocycles. The zero-order valence-electron chi connectivity index (χ0n) is 7.84. The van der Waals surface area contributed by atoms with Crippen LogP contribution in [0.5, 0.6) is 0 Å². The standard InChI is InChI=1S/C11H9BrClNS/c12-10-6-15-5-9(10)7-1-2-11(13)8(3-7)4-14/h1-3,5-6H,4,14H2. The third-order valence-electron chi connectivity index (χ3n) is 2.19. The van der Waals surface area contributed by atoms with Crippen molar-refractivity contribution >= 4 is 38.9 Å². The zero-order chi connectivity index (χ0) is 10.8. The average Bonchev–Trinajstić information content (AvgIpc) is 2.65. The Bertz CT molecular complexity index is 481. The van der Waals surface area contributed by atoms with Gasteiger partial charge in [-0.1, -0.05) is 17.7 Å². The largest absolute Gasteiger partial charge is 0.326 e. The van der Waals surface area contributed by atoms with Gasteiger partial charge in [0.25, 0.3) is 0 Å². The molecule has 0 aliphatic carbocycles. The fourth-order valence-electron chi connectivity index (χ4n) is 1.39. The quantitative estimate of drug-likeness (QED) is 0.880. The summed E-state index contributed by atoms with van der Waals surface area (Å²) in [6.07, 6.45) is 0. The lowest BCUT2D eigenvalue weighted by molar-refractivity contribution is 1.07. The topological polar surface area (TPSA) is 26.0 Å². The maximum absolute atomic E-state index is 6.01. The summed E-state index contributed by atoms with van der Waals surface area (Å²) in [7, 11) is 0. The predicted molar refractivity (Wildman–Crippen MR) is 70.4 cm³/mol. The molecule has 2 aromatic rings.